The maximum atomic E-state index is 11.9. The van der Waals surface area contributed by atoms with Crippen LogP contribution in [0.2, 0.25) is 0 Å². The van der Waals surface area contributed by atoms with Crippen LogP contribution in [0.5, 0.6) is 0 Å². The Labute approximate surface area is 112 Å². The van der Waals surface area contributed by atoms with Gasteiger partial charge in [0.1, 0.15) is 5.76 Å². The molecule has 0 unspecified atom stereocenters. The summed E-state index contributed by atoms with van der Waals surface area (Å²) >= 11 is 0. The molecule has 1 amide bonds. The average Bonchev–Trinajstić information content (AvgIpc) is 2.89. The first-order valence-electron chi connectivity index (χ1n) is 6.32. The van der Waals surface area contributed by atoms with Crippen LogP contribution in [0.25, 0.3) is 0 Å². The number of hydrogen-bond acceptors (Lipinski definition) is 3. The van der Waals surface area contributed by atoms with Gasteiger partial charge in [-0.25, -0.2) is 0 Å². The molecule has 1 aromatic heterocycles. The van der Waals surface area contributed by atoms with Crippen LogP contribution < -0.4 is 10.6 Å². The fourth-order valence-electron chi connectivity index (χ4n) is 1.73. The molecule has 0 aliphatic heterocycles. The summed E-state index contributed by atoms with van der Waals surface area (Å²) in [5, 5.41) is 6.09. The molecule has 19 heavy (non-hydrogen) atoms. The average molecular weight is 258 g/mol. The van der Waals surface area contributed by atoms with E-state index in [0.717, 1.165) is 11.4 Å². The van der Waals surface area contributed by atoms with Crippen LogP contribution in [0.1, 0.15) is 30.0 Å². The topological polar surface area (TPSA) is 54.3 Å². The summed E-state index contributed by atoms with van der Waals surface area (Å²) in [4.78, 5) is 11.9. The molecule has 0 atom stereocenters. The molecule has 1 heterocycles. The summed E-state index contributed by atoms with van der Waals surface area (Å²) in [6.45, 7) is 4.55. The molecule has 0 radical (unpaired) electrons. The van der Waals surface area contributed by atoms with Crippen LogP contribution in [0.4, 0.5) is 5.69 Å². The van der Waals surface area contributed by atoms with Crippen LogP contribution in [-0.4, -0.2) is 11.9 Å². The lowest BCUT2D eigenvalue weighted by molar-refractivity contribution is 0.0948. The zero-order chi connectivity index (χ0) is 13.7. The van der Waals surface area contributed by atoms with Crippen LogP contribution in [0, 0.1) is 0 Å². The largest absolute Gasteiger partial charge is 0.467 e. The number of nitrogens with one attached hydrogen (secondary N) is 2. The van der Waals surface area contributed by atoms with Crippen molar-refractivity contribution in [2.75, 3.05) is 5.32 Å². The molecule has 0 saturated carbocycles. The quantitative estimate of drug-likeness (QED) is 0.866. The maximum Gasteiger partial charge on any atom is 0.251 e. The van der Waals surface area contributed by atoms with Crippen LogP contribution in [-0.2, 0) is 6.54 Å². The van der Waals surface area contributed by atoms with Gasteiger partial charge < -0.3 is 15.1 Å². The van der Waals surface area contributed by atoms with E-state index in [9.17, 15) is 4.79 Å². The Hall–Kier alpha value is -2.23. The Morgan fingerprint density at radius 1 is 1.21 bits per heavy atom. The third-order valence-electron chi connectivity index (χ3n) is 2.61. The molecule has 2 rings (SSSR count). The third-order valence-corrected chi connectivity index (χ3v) is 2.61. The minimum Gasteiger partial charge on any atom is -0.467 e. The Balaban J connectivity index is 1.92. The normalized spacial score (nSPS) is 10.5. The lowest BCUT2D eigenvalue weighted by Gasteiger charge is -2.10. The number of amides is 1. The molecular weight excluding hydrogens is 240 g/mol. The van der Waals surface area contributed by atoms with Gasteiger partial charge in [-0.05, 0) is 50.2 Å². The van der Waals surface area contributed by atoms with Gasteiger partial charge in [-0.15, -0.1) is 0 Å². The van der Waals surface area contributed by atoms with Crippen LogP contribution >= 0.6 is 0 Å². The Bertz CT molecular complexity index is 516. The Morgan fingerprint density at radius 3 is 2.53 bits per heavy atom. The van der Waals surface area contributed by atoms with Crippen molar-refractivity contribution >= 4 is 11.6 Å². The number of anilines is 1. The van der Waals surface area contributed by atoms with Gasteiger partial charge in [0.05, 0.1) is 12.8 Å². The van der Waals surface area contributed by atoms with Crippen molar-refractivity contribution in [3.05, 3.63) is 54.0 Å². The fourth-order valence-corrected chi connectivity index (χ4v) is 1.73. The van der Waals surface area contributed by atoms with E-state index in [4.69, 9.17) is 4.42 Å². The summed E-state index contributed by atoms with van der Waals surface area (Å²) in [7, 11) is 0. The van der Waals surface area contributed by atoms with E-state index in [1.807, 2.05) is 30.3 Å². The van der Waals surface area contributed by atoms with E-state index >= 15 is 0 Å². The predicted octanol–water partition coefficient (Wildman–Crippen LogP) is 3.03. The first kappa shape index (κ1) is 13.2. The molecule has 1 aromatic carbocycles. The molecule has 0 saturated heterocycles. The molecule has 4 heteroatoms. The van der Waals surface area contributed by atoms with Crippen molar-refractivity contribution in [1.29, 1.82) is 0 Å². The highest BCUT2D eigenvalue weighted by Crippen LogP contribution is 2.11. The minimum absolute atomic E-state index is 0.104. The van der Waals surface area contributed by atoms with Crippen molar-refractivity contribution in [1.82, 2.24) is 5.32 Å². The summed E-state index contributed by atoms with van der Waals surface area (Å²) in [6.07, 6.45) is 1.59. The molecule has 2 aromatic rings. The van der Waals surface area contributed by atoms with E-state index in [2.05, 4.69) is 24.5 Å². The van der Waals surface area contributed by atoms with Crippen LogP contribution in [0.15, 0.2) is 47.1 Å². The number of carbonyl (C=O) groups is 1. The summed E-state index contributed by atoms with van der Waals surface area (Å²) in [5.74, 6) is 0.638. The van der Waals surface area contributed by atoms with Crippen molar-refractivity contribution in [2.45, 2.75) is 26.4 Å². The van der Waals surface area contributed by atoms with Gasteiger partial charge in [0.2, 0.25) is 0 Å². The maximum absolute atomic E-state index is 11.9. The first-order chi connectivity index (χ1) is 9.15. The highest BCUT2D eigenvalue weighted by atomic mass is 16.3. The first-order valence-corrected chi connectivity index (χ1v) is 6.32. The second-order valence-electron chi connectivity index (χ2n) is 4.64. The van der Waals surface area contributed by atoms with Gasteiger partial charge >= 0.3 is 0 Å². The van der Waals surface area contributed by atoms with E-state index in [-0.39, 0.29) is 5.91 Å². The summed E-state index contributed by atoms with van der Waals surface area (Å²) in [6, 6.07) is 11.4. The van der Waals surface area contributed by atoms with Crippen LogP contribution in [0.3, 0.4) is 0 Å². The third kappa shape index (κ3) is 3.88. The smallest absolute Gasteiger partial charge is 0.251 e. The number of rotatable bonds is 5. The second-order valence-corrected chi connectivity index (χ2v) is 4.64. The minimum atomic E-state index is -0.104. The van der Waals surface area contributed by atoms with Gasteiger partial charge in [0.25, 0.3) is 5.91 Å². The van der Waals surface area contributed by atoms with Gasteiger partial charge in [-0.3, -0.25) is 4.79 Å². The highest BCUT2D eigenvalue weighted by Gasteiger charge is 2.06. The molecule has 0 aliphatic rings. The monoisotopic (exact) mass is 258 g/mol. The second kappa shape index (κ2) is 6.09. The number of carbonyl (C=O) groups excluding carboxylic acids is 1. The van der Waals surface area contributed by atoms with Gasteiger partial charge in [0, 0.05) is 17.3 Å². The lowest BCUT2D eigenvalue weighted by Crippen LogP contribution is -2.22. The number of benzene rings is 1. The zero-order valence-electron chi connectivity index (χ0n) is 11.1. The Kier molecular flexibility index (Phi) is 4.23. The molecule has 0 spiro atoms. The Morgan fingerprint density at radius 2 is 1.95 bits per heavy atom. The van der Waals surface area contributed by atoms with E-state index in [1.165, 1.54) is 0 Å². The molecule has 0 bridgehead atoms. The molecular formula is C15H18N2O2. The van der Waals surface area contributed by atoms with E-state index in [1.54, 1.807) is 12.3 Å². The molecule has 4 nitrogen and oxygen atoms in total. The van der Waals surface area contributed by atoms with E-state index in [0.29, 0.717) is 18.2 Å². The molecule has 0 fully saturated rings. The van der Waals surface area contributed by atoms with E-state index < -0.39 is 0 Å². The highest BCUT2D eigenvalue weighted by molar-refractivity contribution is 5.94. The standard InChI is InChI=1S/C15H18N2O2/c1-11(2)17-13-7-5-12(6-8-13)15(18)16-10-14-4-3-9-19-14/h3-9,11,17H,10H2,1-2H3,(H,16,18). The van der Waals surface area contributed by atoms with Crippen molar-refractivity contribution in [3.63, 3.8) is 0 Å². The van der Waals surface area contributed by atoms with Crippen molar-refractivity contribution in [3.8, 4) is 0 Å². The SMILES string of the molecule is CC(C)Nc1ccc(C(=O)NCc2ccco2)cc1. The summed E-state index contributed by atoms with van der Waals surface area (Å²) in [5.41, 5.74) is 1.65. The van der Waals surface area contributed by atoms with Gasteiger partial charge in [-0.1, -0.05) is 0 Å². The lowest BCUT2D eigenvalue weighted by atomic mass is 10.2. The van der Waals surface area contributed by atoms with Crippen molar-refractivity contribution < 1.29 is 9.21 Å². The van der Waals surface area contributed by atoms with Crippen molar-refractivity contribution in [2.24, 2.45) is 0 Å². The van der Waals surface area contributed by atoms with Gasteiger partial charge in [-0.2, -0.15) is 0 Å². The number of furan rings is 1. The predicted molar refractivity (Wildman–Crippen MR) is 75.1 cm³/mol. The zero-order valence-corrected chi connectivity index (χ0v) is 11.1. The number of hydrogen-bond donors (Lipinski definition) is 2. The summed E-state index contributed by atoms with van der Waals surface area (Å²) < 4.78 is 5.16. The van der Waals surface area contributed by atoms with Gasteiger partial charge in [0.15, 0.2) is 0 Å². The molecule has 2 N–H and O–H groups in total. The fraction of sp³-hybridized carbons (Fsp3) is 0.267. The molecule has 100 valence electrons. The molecule has 0 aliphatic carbocycles.